The van der Waals surface area contributed by atoms with Crippen LogP contribution in [0.2, 0.25) is 10.0 Å². The predicted octanol–water partition coefficient (Wildman–Crippen LogP) is 4.40. The minimum Gasteiger partial charge on any atom is -0.352 e. The van der Waals surface area contributed by atoms with E-state index in [1.165, 1.54) is 23.1 Å². The summed E-state index contributed by atoms with van der Waals surface area (Å²) in [4.78, 5) is 27.8. The van der Waals surface area contributed by atoms with Gasteiger partial charge in [-0.05, 0) is 51.0 Å². The second-order valence-electron chi connectivity index (χ2n) is 8.37. The van der Waals surface area contributed by atoms with Gasteiger partial charge in [0.1, 0.15) is 12.6 Å². The molecule has 0 saturated carbocycles. The fourth-order valence-electron chi connectivity index (χ4n) is 3.33. The number of carbonyl (C=O) groups is 2. The molecule has 0 radical (unpaired) electrons. The Balaban J connectivity index is 2.42. The molecule has 1 N–H and O–H groups in total. The summed E-state index contributed by atoms with van der Waals surface area (Å²) < 4.78 is 26.1. The maximum Gasteiger partial charge on any atom is 0.244 e. The number of nitrogens with zero attached hydrogens (tertiary/aromatic N) is 2. The maximum absolute atomic E-state index is 13.5. The van der Waals surface area contributed by atoms with Crippen LogP contribution in [-0.2, 0) is 26.2 Å². The van der Waals surface area contributed by atoms with Crippen molar-refractivity contribution in [3.8, 4) is 0 Å². The van der Waals surface area contributed by atoms with Crippen LogP contribution < -0.4 is 9.62 Å². The summed E-state index contributed by atoms with van der Waals surface area (Å²) in [6, 6.07) is 11.0. The number of benzene rings is 2. The zero-order valence-corrected chi connectivity index (χ0v) is 22.3. The van der Waals surface area contributed by atoms with Crippen molar-refractivity contribution in [3.05, 3.63) is 63.6 Å². The molecule has 2 rings (SSSR count). The first-order valence-electron chi connectivity index (χ1n) is 10.9. The second-order valence-corrected chi connectivity index (χ2v) is 11.1. The molecule has 7 nitrogen and oxygen atoms in total. The van der Waals surface area contributed by atoms with Crippen LogP contribution in [0.15, 0.2) is 42.5 Å². The number of amides is 2. The Labute approximate surface area is 212 Å². The van der Waals surface area contributed by atoms with Crippen LogP contribution in [0, 0.1) is 6.92 Å². The molecule has 0 aliphatic rings. The molecule has 0 unspecified atom stereocenters. The standard InChI is InChI=1S/C24H31Cl2N3O4S/c1-6-17(3)27-24(31)18(4)28(14-19-9-7-8-16(2)12-19)23(30)15-29(34(5,32)33)22-11-10-20(25)13-21(22)26/h7-13,17-18H,6,14-15H2,1-5H3,(H,27,31)/t17-,18+/m1/s1. The number of carbonyl (C=O) groups excluding carboxylic acids is 2. The van der Waals surface area contributed by atoms with Gasteiger partial charge in [0.2, 0.25) is 21.8 Å². The minimum absolute atomic E-state index is 0.0636. The van der Waals surface area contributed by atoms with Gasteiger partial charge in [0.25, 0.3) is 0 Å². The quantitative estimate of drug-likeness (QED) is 0.495. The largest absolute Gasteiger partial charge is 0.352 e. The molecule has 0 aromatic heterocycles. The number of rotatable bonds is 10. The van der Waals surface area contributed by atoms with Crippen molar-refractivity contribution in [2.45, 2.75) is 52.7 Å². The molecule has 0 aliphatic heterocycles. The van der Waals surface area contributed by atoms with Crippen molar-refractivity contribution < 1.29 is 18.0 Å². The van der Waals surface area contributed by atoms with Gasteiger partial charge in [0, 0.05) is 17.6 Å². The van der Waals surface area contributed by atoms with E-state index >= 15 is 0 Å². The summed E-state index contributed by atoms with van der Waals surface area (Å²) in [6.45, 7) is 7.01. The molecule has 0 bridgehead atoms. The number of sulfonamides is 1. The maximum atomic E-state index is 13.5. The van der Waals surface area contributed by atoms with Crippen molar-refractivity contribution in [1.82, 2.24) is 10.2 Å². The van der Waals surface area contributed by atoms with Crippen LogP contribution in [0.4, 0.5) is 5.69 Å². The summed E-state index contributed by atoms with van der Waals surface area (Å²) in [5.74, 6) is -0.851. The fraction of sp³-hybridized carbons (Fsp3) is 0.417. The Kier molecular flexibility index (Phi) is 9.79. The molecular formula is C24H31Cl2N3O4S. The Morgan fingerprint density at radius 3 is 2.32 bits per heavy atom. The molecule has 0 spiro atoms. The molecule has 2 atom stereocenters. The van der Waals surface area contributed by atoms with Gasteiger partial charge in [0.05, 0.1) is 17.0 Å². The molecule has 0 saturated heterocycles. The SMILES string of the molecule is CC[C@@H](C)NC(=O)[C@H](C)N(Cc1cccc(C)c1)C(=O)CN(c1ccc(Cl)cc1Cl)S(C)(=O)=O. The Morgan fingerprint density at radius 1 is 1.09 bits per heavy atom. The monoisotopic (exact) mass is 527 g/mol. The summed E-state index contributed by atoms with van der Waals surface area (Å²) in [5, 5.41) is 3.33. The topological polar surface area (TPSA) is 86.8 Å². The number of aryl methyl sites for hydroxylation is 1. The molecule has 2 aromatic rings. The molecule has 2 amide bonds. The summed E-state index contributed by atoms with van der Waals surface area (Å²) in [6.07, 6.45) is 1.73. The van der Waals surface area contributed by atoms with Gasteiger partial charge in [-0.25, -0.2) is 8.42 Å². The van der Waals surface area contributed by atoms with Crippen LogP contribution in [0.3, 0.4) is 0 Å². The third-order valence-corrected chi connectivity index (χ3v) is 7.13. The van der Waals surface area contributed by atoms with Crippen molar-refractivity contribution in [2.75, 3.05) is 17.1 Å². The van der Waals surface area contributed by atoms with Crippen LogP contribution >= 0.6 is 23.2 Å². The third kappa shape index (κ3) is 7.61. The van der Waals surface area contributed by atoms with Crippen molar-refractivity contribution in [1.29, 1.82) is 0 Å². The van der Waals surface area contributed by atoms with Crippen molar-refractivity contribution >= 4 is 50.7 Å². The molecule has 2 aromatic carbocycles. The summed E-state index contributed by atoms with van der Waals surface area (Å²) in [5.41, 5.74) is 1.97. The molecule has 0 fully saturated rings. The minimum atomic E-state index is -3.87. The third-order valence-electron chi connectivity index (χ3n) is 5.46. The highest BCUT2D eigenvalue weighted by Crippen LogP contribution is 2.30. The van der Waals surface area contributed by atoms with E-state index in [0.29, 0.717) is 5.02 Å². The number of hydrogen-bond donors (Lipinski definition) is 1. The average molecular weight is 529 g/mol. The first-order valence-corrected chi connectivity index (χ1v) is 13.5. The van der Waals surface area contributed by atoms with E-state index in [2.05, 4.69) is 5.32 Å². The summed E-state index contributed by atoms with van der Waals surface area (Å²) in [7, 11) is -3.87. The second kappa shape index (κ2) is 11.9. The smallest absolute Gasteiger partial charge is 0.244 e. The van der Waals surface area contributed by atoms with Crippen molar-refractivity contribution in [3.63, 3.8) is 0 Å². The zero-order chi connectivity index (χ0) is 25.6. The lowest BCUT2D eigenvalue weighted by molar-refractivity contribution is -0.139. The Hall–Kier alpha value is -2.29. The zero-order valence-electron chi connectivity index (χ0n) is 20.0. The van der Waals surface area contributed by atoms with E-state index in [9.17, 15) is 18.0 Å². The molecule has 34 heavy (non-hydrogen) atoms. The average Bonchev–Trinajstić information content (AvgIpc) is 2.74. The van der Waals surface area contributed by atoms with Gasteiger partial charge in [-0.2, -0.15) is 0 Å². The lowest BCUT2D eigenvalue weighted by Gasteiger charge is -2.32. The van der Waals surface area contributed by atoms with E-state index < -0.39 is 28.5 Å². The number of anilines is 1. The highest BCUT2D eigenvalue weighted by Gasteiger charge is 2.31. The molecule has 186 valence electrons. The normalized spacial score (nSPS) is 13.1. The Morgan fingerprint density at radius 2 is 1.76 bits per heavy atom. The van der Waals surface area contributed by atoms with Gasteiger partial charge in [0.15, 0.2) is 0 Å². The van der Waals surface area contributed by atoms with Crippen LogP contribution in [0.1, 0.15) is 38.3 Å². The van der Waals surface area contributed by atoms with Crippen LogP contribution in [0.5, 0.6) is 0 Å². The van der Waals surface area contributed by atoms with E-state index in [-0.39, 0.29) is 29.2 Å². The van der Waals surface area contributed by atoms with Crippen LogP contribution in [-0.4, -0.2) is 50.0 Å². The van der Waals surface area contributed by atoms with Gasteiger partial charge in [-0.15, -0.1) is 0 Å². The van der Waals surface area contributed by atoms with Crippen molar-refractivity contribution in [2.24, 2.45) is 0 Å². The highest BCUT2D eigenvalue weighted by atomic mass is 35.5. The van der Waals surface area contributed by atoms with Gasteiger partial charge >= 0.3 is 0 Å². The predicted molar refractivity (Wildman–Crippen MR) is 138 cm³/mol. The Bertz CT molecular complexity index is 1140. The van der Waals surface area contributed by atoms with Gasteiger partial charge < -0.3 is 10.2 Å². The molecular weight excluding hydrogens is 497 g/mol. The lowest BCUT2D eigenvalue weighted by atomic mass is 10.1. The van der Waals surface area contributed by atoms with Crippen LogP contribution in [0.25, 0.3) is 0 Å². The first-order chi connectivity index (χ1) is 15.8. The van der Waals surface area contributed by atoms with Gasteiger partial charge in [-0.3, -0.25) is 13.9 Å². The van der Waals surface area contributed by atoms with E-state index in [4.69, 9.17) is 23.2 Å². The number of nitrogens with one attached hydrogen (secondary N) is 1. The van der Waals surface area contributed by atoms with Gasteiger partial charge in [-0.1, -0.05) is 60.0 Å². The number of hydrogen-bond acceptors (Lipinski definition) is 4. The fourth-order valence-corrected chi connectivity index (χ4v) is 4.76. The molecule has 10 heteroatoms. The number of halogens is 2. The van der Waals surface area contributed by atoms with E-state index in [1.54, 1.807) is 6.92 Å². The van der Waals surface area contributed by atoms with E-state index in [0.717, 1.165) is 28.1 Å². The first kappa shape index (κ1) is 28.0. The molecule has 0 aliphatic carbocycles. The van der Waals surface area contributed by atoms with E-state index in [1.807, 2.05) is 45.0 Å². The lowest BCUT2D eigenvalue weighted by Crippen LogP contribution is -2.52. The summed E-state index contributed by atoms with van der Waals surface area (Å²) >= 11 is 12.2. The molecule has 0 heterocycles. The highest BCUT2D eigenvalue weighted by molar-refractivity contribution is 7.92.